The fourth-order valence-corrected chi connectivity index (χ4v) is 3.69. The maximum Gasteiger partial charge on any atom is 0.296 e. The number of benzene rings is 1. The highest BCUT2D eigenvalue weighted by Gasteiger charge is 2.21. The van der Waals surface area contributed by atoms with Crippen molar-refractivity contribution in [1.29, 1.82) is 0 Å². The summed E-state index contributed by atoms with van der Waals surface area (Å²) in [5.74, 6) is 0. The van der Waals surface area contributed by atoms with Gasteiger partial charge < -0.3 is 0 Å². The Morgan fingerprint density at radius 1 is 1.19 bits per heavy atom. The van der Waals surface area contributed by atoms with E-state index in [2.05, 4.69) is 0 Å². The van der Waals surface area contributed by atoms with E-state index in [4.69, 9.17) is 15.8 Å². The summed E-state index contributed by atoms with van der Waals surface area (Å²) in [6, 6.07) is 5.96. The van der Waals surface area contributed by atoms with Gasteiger partial charge in [-0.3, -0.25) is 4.18 Å². The number of hydrogen-bond acceptors (Lipinski definition) is 3. The van der Waals surface area contributed by atoms with Gasteiger partial charge in [-0.15, -0.1) is 0 Å². The van der Waals surface area contributed by atoms with E-state index in [0.717, 1.165) is 0 Å². The smallest absolute Gasteiger partial charge is 0.270 e. The zero-order chi connectivity index (χ0) is 12.4. The van der Waals surface area contributed by atoms with E-state index >= 15 is 0 Å². The number of hydrogen-bond donors (Lipinski definition) is 0. The van der Waals surface area contributed by atoms with Crippen molar-refractivity contribution >= 4 is 29.8 Å². The summed E-state index contributed by atoms with van der Waals surface area (Å²) in [5.41, 5.74) is 0. The molecule has 0 heterocycles. The lowest BCUT2D eigenvalue weighted by Crippen LogP contribution is -2.29. The average molecular weight is 279 g/mol. The van der Waals surface area contributed by atoms with E-state index in [-0.39, 0.29) is 11.1 Å². The second kappa shape index (κ2) is 4.87. The van der Waals surface area contributed by atoms with Crippen LogP contribution in [0.15, 0.2) is 29.2 Å². The molecular formula is C10H15ClO3SSi. The van der Waals surface area contributed by atoms with Crippen molar-refractivity contribution in [2.24, 2.45) is 0 Å². The summed E-state index contributed by atoms with van der Waals surface area (Å²) >= 11 is 5.68. The molecule has 0 radical (unpaired) electrons. The first-order chi connectivity index (χ1) is 7.21. The topological polar surface area (TPSA) is 43.4 Å². The minimum absolute atomic E-state index is 0.148. The van der Waals surface area contributed by atoms with Gasteiger partial charge in [-0.25, -0.2) is 0 Å². The summed E-state index contributed by atoms with van der Waals surface area (Å²) < 4.78 is 28.5. The Balaban J connectivity index is 2.83. The van der Waals surface area contributed by atoms with Crippen LogP contribution in [0.5, 0.6) is 0 Å². The largest absolute Gasteiger partial charge is 0.296 e. The predicted octanol–water partition coefficient (Wildman–Crippen LogP) is 2.92. The van der Waals surface area contributed by atoms with Crippen LogP contribution in [0.25, 0.3) is 0 Å². The van der Waals surface area contributed by atoms with Gasteiger partial charge in [0.2, 0.25) is 0 Å². The lowest BCUT2D eigenvalue weighted by atomic mass is 10.4. The third-order valence-electron chi connectivity index (χ3n) is 1.75. The molecule has 0 aromatic heterocycles. The van der Waals surface area contributed by atoms with Crippen LogP contribution in [-0.4, -0.2) is 22.7 Å². The van der Waals surface area contributed by atoms with Gasteiger partial charge in [0.1, 0.15) is 0 Å². The van der Waals surface area contributed by atoms with Crippen LogP contribution in [0.3, 0.4) is 0 Å². The Kier molecular flexibility index (Phi) is 4.17. The Morgan fingerprint density at radius 2 is 1.69 bits per heavy atom. The summed E-state index contributed by atoms with van der Waals surface area (Å²) in [6.45, 7) is 6.14. The highest BCUT2D eigenvalue weighted by molar-refractivity contribution is 7.86. The van der Waals surface area contributed by atoms with Crippen molar-refractivity contribution in [2.75, 3.05) is 6.23 Å². The highest BCUT2D eigenvalue weighted by atomic mass is 35.5. The van der Waals surface area contributed by atoms with E-state index in [1.54, 1.807) is 0 Å². The van der Waals surface area contributed by atoms with Gasteiger partial charge >= 0.3 is 0 Å². The third kappa shape index (κ3) is 4.25. The fraction of sp³-hybridized carbons (Fsp3) is 0.400. The molecule has 1 rings (SSSR count). The summed E-state index contributed by atoms with van der Waals surface area (Å²) in [4.78, 5) is 0.148. The molecule has 0 fully saturated rings. The first kappa shape index (κ1) is 13.7. The molecule has 1 aromatic rings. The minimum Gasteiger partial charge on any atom is -0.270 e. The van der Waals surface area contributed by atoms with E-state index in [1.807, 2.05) is 19.6 Å². The minimum atomic E-state index is -3.63. The van der Waals surface area contributed by atoms with Crippen LogP contribution in [0.2, 0.25) is 24.7 Å². The van der Waals surface area contributed by atoms with Gasteiger partial charge in [-0.05, 0) is 24.3 Å². The summed E-state index contributed by atoms with van der Waals surface area (Å²) in [7, 11) is -5.17. The lowest BCUT2D eigenvalue weighted by molar-refractivity contribution is 0.369. The molecule has 0 aliphatic heterocycles. The molecule has 0 saturated carbocycles. The van der Waals surface area contributed by atoms with Crippen molar-refractivity contribution in [3.63, 3.8) is 0 Å². The number of rotatable bonds is 4. The van der Waals surface area contributed by atoms with Gasteiger partial charge in [0.15, 0.2) is 0 Å². The van der Waals surface area contributed by atoms with E-state index in [0.29, 0.717) is 5.02 Å². The van der Waals surface area contributed by atoms with E-state index in [1.165, 1.54) is 24.3 Å². The molecule has 1 aromatic carbocycles. The van der Waals surface area contributed by atoms with Crippen LogP contribution >= 0.6 is 11.6 Å². The molecule has 0 atom stereocenters. The molecule has 0 bridgehead atoms. The van der Waals surface area contributed by atoms with Crippen molar-refractivity contribution in [1.82, 2.24) is 0 Å². The zero-order valence-corrected chi connectivity index (χ0v) is 12.1. The molecule has 90 valence electrons. The lowest BCUT2D eigenvalue weighted by Gasteiger charge is -2.15. The molecule has 0 amide bonds. The van der Waals surface area contributed by atoms with Gasteiger partial charge in [0, 0.05) is 5.02 Å². The molecular weight excluding hydrogens is 264 g/mol. The Bertz CT molecular complexity index is 448. The highest BCUT2D eigenvalue weighted by Crippen LogP contribution is 2.17. The second-order valence-corrected chi connectivity index (χ2v) is 12.2. The molecule has 0 spiro atoms. The Hall–Kier alpha value is -0.363. The second-order valence-electron chi connectivity index (χ2n) is 4.73. The molecule has 0 N–H and O–H groups in total. The number of halogens is 1. The molecule has 0 aliphatic rings. The molecule has 6 heteroatoms. The molecule has 0 unspecified atom stereocenters. The van der Waals surface area contributed by atoms with Crippen molar-refractivity contribution < 1.29 is 12.6 Å². The predicted molar refractivity (Wildman–Crippen MR) is 67.9 cm³/mol. The van der Waals surface area contributed by atoms with Gasteiger partial charge in [0.25, 0.3) is 10.1 Å². The van der Waals surface area contributed by atoms with Crippen LogP contribution in [0.4, 0.5) is 0 Å². The summed E-state index contributed by atoms with van der Waals surface area (Å²) in [5, 5.41) is 0.504. The molecule has 0 saturated heterocycles. The standard InChI is InChI=1S/C10H15ClO3SSi/c1-16(2,3)8-14-15(12,13)10-6-4-9(11)5-7-10/h4-7H,8H2,1-3H3. The Labute approximate surface area is 103 Å². The maximum atomic E-state index is 11.7. The van der Waals surface area contributed by atoms with Gasteiger partial charge in [-0.2, -0.15) is 8.42 Å². The molecule has 3 nitrogen and oxygen atoms in total. The zero-order valence-electron chi connectivity index (χ0n) is 9.53. The Morgan fingerprint density at radius 3 is 2.12 bits per heavy atom. The molecule has 16 heavy (non-hydrogen) atoms. The quantitative estimate of drug-likeness (QED) is 0.628. The average Bonchev–Trinajstić information content (AvgIpc) is 2.15. The van der Waals surface area contributed by atoms with Crippen molar-refractivity contribution in [3.8, 4) is 0 Å². The van der Waals surface area contributed by atoms with Crippen LogP contribution in [0.1, 0.15) is 0 Å². The monoisotopic (exact) mass is 278 g/mol. The van der Waals surface area contributed by atoms with Crippen LogP contribution < -0.4 is 0 Å². The summed E-state index contributed by atoms with van der Waals surface area (Å²) in [6.07, 6.45) is 0.290. The van der Waals surface area contributed by atoms with Crippen LogP contribution in [0, 0.1) is 0 Å². The first-order valence-electron chi connectivity index (χ1n) is 4.86. The van der Waals surface area contributed by atoms with Gasteiger partial charge in [-0.1, -0.05) is 31.2 Å². The van der Waals surface area contributed by atoms with E-state index < -0.39 is 18.2 Å². The van der Waals surface area contributed by atoms with Crippen LogP contribution in [-0.2, 0) is 14.3 Å². The SMILES string of the molecule is C[Si](C)(C)COS(=O)(=O)c1ccc(Cl)cc1. The first-order valence-corrected chi connectivity index (χ1v) is 10.4. The van der Waals surface area contributed by atoms with E-state index in [9.17, 15) is 8.42 Å². The fourth-order valence-electron chi connectivity index (χ4n) is 0.924. The maximum absolute atomic E-state index is 11.7. The third-order valence-corrected chi connectivity index (χ3v) is 4.50. The normalized spacial score (nSPS) is 12.8. The van der Waals surface area contributed by atoms with Crippen molar-refractivity contribution in [2.45, 2.75) is 24.5 Å². The van der Waals surface area contributed by atoms with Gasteiger partial charge in [0.05, 0.1) is 19.2 Å². The molecule has 0 aliphatic carbocycles. The van der Waals surface area contributed by atoms with Crippen molar-refractivity contribution in [3.05, 3.63) is 29.3 Å².